The number of hydrogen-bond donors (Lipinski definition) is 0. The smallest absolute Gasteiger partial charge is 0.0135 e. The Kier molecular flexibility index (Phi) is 1.37. The predicted molar refractivity (Wildman–Crippen MR) is 36.2 cm³/mol. The van der Waals surface area contributed by atoms with Gasteiger partial charge in [0.05, 0.1) is 0 Å². The van der Waals surface area contributed by atoms with Gasteiger partial charge in [-0.25, -0.2) is 0 Å². The van der Waals surface area contributed by atoms with Crippen molar-refractivity contribution in [2.75, 3.05) is 0 Å². The third-order valence-electron chi connectivity index (χ3n) is 1.52. The van der Waals surface area contributed by atoms with Gasteiger partial charge >= 0.3 is 0 Å². The van der Waals surface area contributed by atoms with Gasteiger partial charge in [-0.15, -0.1) is 0 Å². The fourth-order valence-electron chi connectivity index (χ4n) is 0.626. The summed E-state index contributed by atoms with van der Waals surface area (Å²) in [5.41, 5.74) is 0. The molecule has 0 radical (unpaired) electrons. The standard InChI is InChI=1S/C5H9I/c1-4-2-3-5(4)6/h4-5H,2-3H2,1H3/t4-,5?/m0/s1. The minimum Gasteiger partial charge on any atom is -0.0823 e. The Morgan fingerprint density at radius 2 is 2.00 bits per heavy atom. The second-order valence-electron chi connectivity index (χ2n) is 2.07. The zero-order valence-corrected chi connectivity index (χ0v) is 6.10. The molecular weight excluding hydrogens is 187 g/mol. The van der Waals surface area contributed by atoms with E-state index in [1.54, 1.807) is 0 Å². The molecule has 0 N–H and O–H groups in total. The highest BCUT2D eigenvalue weighted by Crippen LogP contribution is 2.33. The Morgan fingerprint density at radius 3 is 2.00 bits per heavy atom. The van der Waals surface area contributed by atoms with E-state index < -0.39 is 0 Å². The summed E-state index contributed by atoms with van der Waals surface area (Å²) in [5.74, 6) is 1.02. The molecule has 0 aromatic rings. The van der Waals surface area contributed by atoms with Crippen LogP contribution in [0.1, 0.15) is 19.8 Å². The maximum Gasteiger partial charge on any atom is 0.0135 e. The minimum atomic E-state index is 1.00. The van der Waals surface area contributed by atoms with Crippen molar-refractivity contribution >= 4 is 22.6 Å². The molecular formula is C5H9I. The van der Waals surface area contributed by atoms with Crippen LogP contribution in [0.2, 0.25) is 0 Å². The minimum absolute atomic E-state index is 1.00. The lowest BCUT2D eigenvalue weighted by Crippen LogP contribution is -2.21. The summed E-state index contributed by atoms with van der Waals surface area (Å²) < 4.78 is 1.00. The highest BCUT2D eigenvalue weighted by atomic mass is 127. The van der Waals surface area contributed by atoms with E-state index in [9.17, 15) is 0 Å². The molecule has 1 aliphatic rings. The molecule has 0 aliphatic heterocycles. The first-order chi connectivity index (χ1) is 2.80. The molecule has 0 aromatic carbocycles. The van der Waals surface area contributed by atoms with Crippen molar-refractivity contribution in [3.8, 4) is 0 Å². The van der Waals surface area contributed by atoms with E-state index in [1.807, 2.05) is 0 Å². The molecule has 0 amide bonds. The van der Waals surface area contributed by atoms with Crippen LogP contribution in [0.25, 0.3) is 0 Å². The maximum atomic E-state index is 2.52. The first-order valence-electron chi connectivity index (χ1n) is 2.45. The molecule has 1 fully saturated rings. The van der Waals surface area contributed by atoms with E-state index in [1.165, 1.54) is 12.8 Å². The second-order valence-corrected chi connectivity index (χ2v) is 3.67. The SMILES string of the molecule is C[C@H]1CCC1I. The van der Waals surface area contributed by atoms with Gasteiger partial charge in [0.2, 0.25) is 0 Å². The Balaban J connectivity index is 2.20. The largest absolute Gasteiger partial charge is 0.0823 e. The van der Waals surface area contributed by atoms with E-state index in [-0.39, 0.29) is 0 Å². The highest BCUT2D eigenvalue weighted by Gasteiger charge is 2.22. The van der Waals surface area contributed by atoms with Crippen molar-refractivity contribution in [2.45, 2.75) is 23.7 Å². The first-order valence-corrected chi connectivity index (χ1v) is 3.69. The van der Waals surface area contributed by atoms with Gasteiger partial charge in [0.15, 0.2) is 0 Å². The van der Waals surface area contributed by atoms with E-state index in [0.717, 1.165) is 9.84 Å². The average molecular weight is 196 g/mol. The zero-order chi connectivity index (χ0) is 4.57. The lowest BCUT2D eigenvalue weighted by molar-refractivity contribution is 0.378. The number of halogens is 1. The van der Waals surface area contributed by atoms with Crippen molar-refractivity contribution in [3.05, 3.63) is 0 Å². The van der Waals surface area contributed by atoms with Crippen molar-refractivity contribution < 1.29 is 0 Å². The molecule has 1 rings (SSSR count). The van der Waals surface area contributed by atoms with Crippen LogP contribution in [0.3, 0.4) is 0 Å². The predicted octanol–water partition coefficient (Wildman–Crippen LogP) is 2.22. The summed E-state index contributed by atoms with van der Waals surface area (Å²) in [6.45, 7) is 2.32. The lowest BCUT2D eigenvalue weighted by Gasteiger charge is -2.27. The van der Waals surface area contributed by atoms with Gasteiger partial charge in [-0.1, -0.05) is 29.5 Å². The van der Waals surface area contributed by atoms with Gasteiger partial charge in [0.1, 0.15) is 0 Å². The van der Waals surface area contributed by atoms with E-state index in [2.05, 4.69) is 29.5 Å². The van der Waals surface area contributed by atoms with Crippen LogP contribution < -0.4 is 0 Å². The molecule has 0 saturated heterocycles. The molecule has 0 spiro atoms. The topological polar surface area (TPSA) is 0 Å². The molecule has 0 aromatic heterocycles. The Labute approximate surface area is 52.5 Å². The van der Waals surface area contributed by atoms with Crippen LogP contribution in [-0.4, -0.2) is 3.92 Å². The summed E-state index contributed by atoms with van der Waals surface area (Å²) in [6, 6.07) is 0. The van der Waals surface area contributed by atoms with Crippen LogP contribution in [0.5, 0.6) is 0 Å². The molecule has 1 heteroatoms. The zero-order valence-electron chi connectivity index (χ0n) is 3.95. The van der Waals surface area contributed by atoms with E-state index in [0.29, 0.717) is 0 Å². The molecule has 2 atom stereocenters. The van der Waals surface area contributed by atoms with Crippen LogP contribution in [0.4, 0.5) is 0 Å². The first kappa shape index (κ1) is 4.88. The third kappa shape index (κ3) is 0.695. The summed E-state index contributed by atoms with van der Waals surface area (Å²) >= 11 is 2.52. The normalized spacial score (nSPS) is 45.0. The van der Waals surface area contributed by atoms with Gasteiger partial charge in [-0.05, 0) is 18.8 Å². The van der Waals surface area contributed by atoms with Crippen molar-refractivity contribution in [2.24, 2.45) is 5.92 Å². The van der Waals surface area contributed by atoms with Crippen LogP contribution in [0.15, 0.2) is 0 Å². The second kappa shape index (κ2) is 1.68. The number of alkyl halides is 1. The maximum absolute atomic E-state index is 2.52. The molecule has 0 heterocycles. The number of hydrogen-bond acceptors (Lipinski definition) is 0. The van der Waals surface area contributed by atoms with E-state index >= 15 is 0 Å². The van der Waals surface area contributed by atoms with Crippen LogP contribution in [0, 0.1) is 5.92 Å². The summed E-state index contributed by atoms with van der Waals surface area (Å²) in [6.07, 6.45) is 2.93. The highest BCUT2D eigenvalue weighted by molar-refractivity contribution is 14.1. The number of rotatable bonds is 0. The fourth-order valence-corrected chi connectivity index (χ4v) is 1.35. The Bertz CT molecular complexity index is 43.9. The summed E-state index contributed by atoms with van der Waals surface area (Å²) in [7, 11) is 0. The molecule has 0 bridgehead atoms. The summed E-state index contributed by atoms with van der Waals surface area (Å²) in [4.78, 5) is 0. The third-order valence-corrected chi connectivity index (χ3v) is 3.37. The monoisotopic (exact) mass is 196 g/mol. The molecule has 36 valence electrons. The van der Waals surface area contributed by atoms with Crippen LogP contribution >= 0.6 is 22.6 Å². The van der Waals surface area contributed by atoms with Gasteiger partial charge in [-0.3, -0.25) is 0 Å². The van der Waals surface area contributed by atoms with Crippen LogP contribution in [-0.2, 0) is 0 Å². The Morgan fingerprint density at radius 1 is 1.50 bits per heavy atom. The molecule has 1 aliphatic carbocycles. The lowest BCUT2D eigenvalue weighted by atomic mass is 9.87. The fraction of sp³-hybridized carbons (Fsp3) is 1.00. The van der Waals surface area contributed by atoms with Gasteiger partial charge in [0.25, 0.3) is 0 Å². The van der Waals surface area contributed by atoms with E-state index in [4.69, 9.17) is 0 Å². The van der Waals surface area contributed by atoms with Crippen molar-refractivity contribution in [1.29, 1.82) is 0 Å². The quantitative estimate of drug-likeness (QED) is 0.411. The Hall–Kier alpha value is 0.730. The van der Waals surface area contributed by atoms with Gasteiger partial charge in [0, 0.05) is 3.92 Å². The molecule has 0 nitrogen and oxygen atoms in total. The molecule has 1 unspecified atom stereocenters. The molecule has 6 heavy (non-hydrogen) atoms. The average Bonchev–Trinajstić information content (AvgIpc) is 1.61. The van der Waals surface area contributed by atoms with Gasteiger partial charge < -0.3 is 0 Å². The van der Waals surface area contributed by atoms with Crippen molar-refractivity contribution in [3.63, 3.8) is 0 Å². The van der Waals surface area contributed by atoms with Crippen molar-refractivity contribution in [1.82, 2.24) is 0 Å². The molecule has 1 saturated carbocycles. The summed E-state index contributed by atoms with van der Waals surface area (Å²) in [5, 5.41) is 0. The van der Waals surface area contributed by atoms with Gasteiger partial charge in [-0.2, -0.15) is 0 Å².